The Balaban J connectivity index is 1.88. The Labute approximate surface area is 152 Å². The SMILES string of the molecule is C[C@H](NC(=O)c1ccc(=O)n(C)n1)C(c1ccccc1)c1ccccc1. The highest BCUT2D eigenvalue weighted by Crippen LogP contribution is 2.28. The molecule has 3 rings (SSSR count). The number of aromatic nitrogens is 2. The maximum absolute atomic E-state index is 12.6. The van der Waals surface area contributed by atoms with Gasteiger partial charge < -0.3 is 5.32 Å². The normalized spacial score (nSPS) is 12.0. The maximum Gasteiger partial charge on any atom is 0.271 e. The van der Waals surface area contributed by atoms with Crippen molar-refractivity contribution >= 4 is 5.91 Å². The predicted octanol–water partition coefficient (Wildman–Crippen LogP) is 2.73. The number of benzene rings is 2. The van der Waals surface area contributed by atoms with Crippen LogP contribution in [-0.4, -0.2) is 21.7 Å². The molecule has 1 aromatic heterocycles. The van der Waals surface area contributed by atoms with E-state index in [2.05, 4.69) is 34.7 Å². The Bertz CT molecular complexity index is 897. The van der Waals surface area contributed by atoms with Crippen LogP contribution in [0.2, 0.25) is 0 Å². The third kappa shape index (κ3) is 3.88. The van der Waals surface area contributed by atoms with Crippen LogP contribution in [-0.2, 0) is 7.05 Å². The van der Waals surface area contributed by atoms with E-state index < -0.39 is 0 Å². The van der Waals surface area contributed by atoms with Gasteiger partial charge in [-0.25, -0.2) is 4.68 Å². The van der Waals surface area contributed by atoms with Crippen LogP contribution in [0, 0.1) is 0 Å². The number of rotatable bonds is 5. The van der Waals surface area contributed by atoms with E-state index in [-0.39, 0.29) is 29.1 Å². The number of aryl methyl sites for hydroxylation is 1. The lowest BCUT2D eigenvalue weighted by Gasteiger charge is -2.26. The number of hydrogen-bond acceptors (Lipinski definition) is 3. The van der Waals surface area contributed by atoms with Crippen LogP contribution in [0.25, 0.3) is 0 Å². The average molecular weight is 347 g/mol. The number of nitrogens with zero attached hydrogens (tertiary/aromatic N) is 2. The zero-order valence-corrected chi connectivity index (χ0v) is 14.8. The molecule has 5 heteroatoms. The molecule has 0 fully saturated rings. The van der Waals surface area contributed by atoms with Gasteiger partial charge in [-0.2, -0.15) is 5.10 Å². The molecule has 5 nitrogen and oxygen atoms in total. The zero-order valence-electron chi connectivity index (χ0n) is 14.8. The summed E-state index contributed by atoms with van der Waals surface area (Å²) in [5, 5.41) is 7.05. The lowest BCUT2D eigenvalue weighted by Crippen LogP contribution is -2.38. The topological polar surface area (TPSA) is 64.0 Å². The van der Waals surface area contributed by atoms with Gasteiger partial charge in [0.25, 0.3) is 11.5 Å². The quantitative estimate of drug-likeness (QED) is 0.772. The molecule has 1 atom stereocenters. The average Bonchev–Trinajstić information content (AvgIpc) is 2.66. The van der Waals surface area contributed by atoms with Gasteiger partial charge in [-0.1, -0.05) is 60.7 Å². The van der Waals surface area contributed by atoms with E-state index in [9.17, 15) is 9.59 Å². The molecule has 0 spiro atoms. The first-order chi connectivity index (χ1) is 12.6. The molecule has 0 radical (unpaired) electrons. The van der Waals surface area contributed by atoms with Crippen LogP contribution in [0.4, 0.5) is 0 Å². The summed E-state index contributed by atoms with van der Waals surface area (Å²) in [6.45, 7) is 1.98. The monoisotopic (exact) mass is 347 g/mol. The summed E-state index contributed by atoms with van der Waals surface area (Å²) >= 11 is 0. The Morgan fingerprint density at radius 3 is 1.96 bits per heavy atom. The summed E-state index contributed by atoms with van der Waals surface area (Å²) in [5.41, 5.74) is 2.22. The second kappa shape index (κ2) is 7.78. The number of carbonyl (C=O) groups excluding carboxylic acids is 1. The van der Waals surface area contributed by atoms with E-state index in [1.807, 2.05) is 43.3 Å². The minimum Gasteiger partial charge on any atom is -0.347 e. The van der Waals surface area contributed by atoms with E-state index in [1.165, 1.54) is 19.2 Å². The highest BCUT2D eigenvalue weighted by Gasteiger charge is 2.23. The van der Waals surface area contributed by atoms with Crippen LogP contribution >= 0.6 is 0 Å². The van der Waals surface area contributed by atoms with Gasteiger partial charge in [-0.3, -0.25) is 9.59 Å². The maximum atomic E-state index is 12.6. The molecular formula is C21H21N3O2. The number of hydrogen-bond donors (Lipinski definition) is 1. The van der Waals surface area contributed by atoms with Gasteiger partial charge in [0.15, 0.2) is 0 Å². The van der Waals surface area contributed by atoms with E-state index in [1.54, 1.807) is 0 Å². The fourth-order valence-electron chi connectivity index (χ4n) is 3.08. The molecule has 0 aliphatic heterocycles. The van der Waals surface area contributed by atoms with Crippen molar-refractivity contribution in [3.8, 4) is 0 Å². The molecule has 0 unspecified atom stereocenters. The van der Waals surface area contributed by atoms with E-state index in [0.29, 0.717) is 0 Å². The van der Waals surface area contributed by atoms with Gasteiger partial charge in [0.2, 0.25) is 0 Å². The lowest BCUT2D eigenvalue weighted by molar-refractivity contribution is 0.0929. The van der Waals surface area contributed by atoms with Crippen LogP contribution in [0.3, 0.4) is 0 Å². The number of amides is 1. The zero-order chi connectivity index (χ0) is 18.5. The van der Waals surface area contributed by atoms with Crippen molar-refractivity contribution in [2.45, 2.75) is 18.9 Å². The summed E-state index contributed by atoms with van der Waals surface area (Å²) in [4.78, 5) is 24.1. The van der Waals surface area contributed by atoms with Gasteiger partial charge in [0.05, 0.1) is 0 Å². The van der Waals surface area contributed by atoms with Crippen molar-refractivity contribution in [2.75, 3.05) is 0 Å². The summed E-state index contributed by atoms with van der Waals surface area (Å²) in [6.07, 6.45) is 0. The number of nitrogens with one attached hydrogen (secondary N) is 1. The molecule has 26 heavy (non-hydrogen) atoms. The highest BCUT2D eigenvalue weighted by atomic mass is 16.2. The second-order valence-electron chi connectivity index (χ2n) is 6.24. The third-order valence-electron chi connectivity index (χ3n) is 4.37. The fraction of sp³-hybridized carbons (Fsp3) is 0.190. The molecule has 0 bridgehead atoms. The first-order valence-corrected chi connectivity index (χ1v) is 8.51. The molecule has 1 heterocycles. The van der Waals surface area contributed by atoms with Crippen molar-refractivity contribution in [2.24, 2.45) is 7.05 Å². The van der Waals surface area contributed by atoms with Crippen molar-refractivity contribution in [3.05, 3.63) is 100.0 Å². The molecule has 0 aliphatic carbocycles. The first-order valence-electron chi connectivity index (χ1n) is 8.51. The largest absolute Gasteiger partial charge is 0.347 e. The van der Waals surface area contributed by atoms with Gasteiger partial charge in [0.1, 0.15) is 5.69 Å². The molecule has 0 saturated carbocycles. The van der Waals surface area contributed by atoms with E-state index in [4.69, 9.17) is 0 Å². The van der Waals surface area contributed by atoms with E-state index >= 15 is 0 Å². The molecule has 132 valence electrons. The molecule has 1 amide bonds. The molecule has 2 aromatic carbocycles. The highest BCUT2D eigenvalue weighted by molar-refractivity contribution is 5.92. The van der Waals surface area contributed by atoms with Crippen LogP contribution in [0.1, 0.15) is 34.5 Å². The lowest BCUT2D eigenvalue weighted by atomic mass is 9.86. The Kier molecular flexibility index (Phi) is 5.27. The minimum atomic E-state index is -0.301. The van der Waals surface area contributed by atoms with Crippen molar-refractivity contribution in [1.82, 2.24) is 15.1 Å². The summed E-state index contributed by atoms with van der Waals surface area (Å²) < 4.78 is 1.16. The van der Waals surface area contributed by atoms with Crippen LogP contribution < -0.4 is 10.9 Å². The van der Waals surface area contributed by atoms with Crippen molar-refractivity contribution < 1.29 is 4.79 Å². The van der Waals surface area contributed by atoms with E-state index in [0.717, 1.165) is 15.8 Å². The number of carbonyl (C=O) groups is 1. The Morgan fingerprint density at radius 2 is 1.46 bits per heavy atom. The van der Waals surface area contributed by atoms with Gasteiger partial charge in [-0.05, 0) is 24.1 Å². The smallest absolute Gasteiger partial charge is 0.271 e. The molecule has 3 aromatic rings. The standard InChI is InChI=1S/C21H21N3O2/c1-15(22-21(26)18-13-14-19(25)24(2)23-18)20(16-9-5-3-6-10-16)17-11-7-4-8-12-17/h3-15,20H,1-2H3,(H,22,26)/t15-/m0/s1. The predicted molar refractivity (Wildman–Crippen MR) is 101 cm³/mol. The van der Waals surface area contributed by atoms with Gasteiger partial charge in [0, 0.05) is 25.1 Å². The molecule has 0 aliphatic rings. The van der Waals surface area contributed by atoms with Gasteiger partial charge in [-0.15, -0.1) is 0 Å². The van der Waals surface area contributed by atoms with Gasteiger partial charge >= 0.3 is 0 Å². The minimum absolute atomic E-state index is 0.00822. The van der Waals surface area contributed by atoms with Crippen molar-refractivity contribution in [1.29, 1.82) is 0 Å². The second-order valence-corrected chi connectivity index (χ2v) is 6.24. The first kappa shape index (κ1) is 17.6. The third-order valence-corrected chi connectivity index (χ3v) is 4.37. The molecular weight excluding hydrogens is 326 g/mol. The molecule has 1 N–H and O–H groups in total. The molecule has 0 saturated heterocycles. The van der Waals surface area contributed by atoms with Crippen LogP contribution in [0.15, 0.2) is 77.6 Å². The Hall–Kier alpha value is -3.21. The van der Waals surface area contributed by atoms with Crippen LogP contribution in [0.5, 0.6) is 0 Å². The Morgan fingerprint density at radius 1 is 0.923 bits per heavy atom. The summed E-state index contributed by atoms with van der Waals surface area (Å²) in [7, 11) is 1.53. The summed E-state index contributed by atoms with van der Waals surface area (Å²) in [6, 6.07) is 22.8. The summed E-state index contributed by atoms with van der Waals surface area (Å²) in [5.74, 6) is -0.293. The fourth-order valence-corrected chi connectivity index (χ4v) is 3.08. The van der Waals surface area contributed by atoms with Crippen molar-refractivity contribution in [3.63, 3.8) is 0 Å².